The third-order valence-corrected chi connectivity index (χ3v) is 8.34. The van der Waals surface area contributed by atoms with Gasteiger partial charge in [-0.15, -0.1) is 0 Å². The molecule has 1 aliphatic carbocycles. The Morgan fingerprint density at radius 1 is 0.575 bits per heavy atom. The lowest BCUT2D eigenvalue weighted by molar-refractivity contribution is 0.478. The molecule has 1 aliphatic rings. The summed E-state index contributed by atoms with van der Waals surface area (Å²) in [4.78, 5) is 2.32. The van der Waals surface area contributed by atoms with Crippen LogP contribution in [0.1, 0.15) is 25.0 Å². The summed E-state index contributed by atoms with van der Waals surface area (Å²) in [5.41, 5.74) is 17.4. The number of benzene rings is 6. The minimum Gasteiger partial charge on any atom is -0.506 e. The summed E-state index contributed by atoms with van der Waals surface area (Å²) in [5, 5.41) is 11.8. The van der Waals surface area contributed by atoms with E-state index in [0.29, 0.717) is 5.69 Å². The van der Waals surface area contributed by atoms with Gasteiger partial charge in [-0.05, 0) is 87.3 Å². The van der Waals surface area contributed by atoms with Crippen LogP contribution in [0.25, 0.3) is 33.0 Å². The van der Waals surface area contributed by atoms with Crippen LogP contribution in [0.2, 0.25) is 0 Å². The molecule has 0 aromatic heterocycles. The highest BCUT2D eigenvalue weighted by Crippen LogP contribution is 2.50. The molecular formula is C37H30N2O. The monoisotopic (exact) mass is 518 g/mol. The quantitative estimate of drug-likeness (QED) is 0.180. The Morgan fingerprint density at radius 3 is 2.02 bits per heavy atom. The molecule has 0 heterocycles. The van der Waals surface area contributed by atoms with Crippen molar-refractivity contribution >= 4 is 33.5 Å². The molecule has 0 radical (unpaired) electrons. The number of hydrogen-bond donors (Lipinski definition) is 2. The highest BCUT2D eigenvalue weighted by Gasteiger charge is 2.35. The number of aromatic hydroxyl groups is 1. The van der Waals surface area contributed by atoms with Crippen molar-refractivity contribution in [2.24, 2.45) is 0 Å². The third-order valence-electron chi connectivity index (χ3n) is 8.34. The molecule has 40 heavy (non-hydrogen) atoms. The van der Waals surface area contributed by atoms with Gasteiger partial charge in [-0.3, -0.25) is 0 Å². The number of nitrogen functional groups attached to an aromatic ring is 1. The zero-order chi connectivity index (χ0) is 27.4. The summed E-state index contributed by atoms with van der Waals surface area (Å²) < 4.78 is 0. The summed E-state index contributed by atoms with van der Waals surface area (Å²) in [6, 6.07) is 44.6. The van der Waals surface area contributed by atoms with Crippen LogP contribution in [-0.4, -0.2) is 5.11 Å². The van der Waals surface area contributed by atoms with E-state index >= 15 is 0 Å². The van der Waals surface area contributed by atoms with Crippen LogP contribution in [0.5, 0.6) is 5.75 Å². The predicted octanol–water partition coefficient (Wildman–Crippen LogP) is 9.57. The Balaban J connectivity index is 1.31. The maximum absolute atomic E-state index is 9.97. The van der Waals surface area contributed by atoms with E-state index in [1.54, 1.807) is 6.07 Å². The predicted molar refractivity (Wildman–Crippen MR) is 168 cm³/mol. The molecule has 7 rings (SSSR count). The normalized spacial score (nSPS) is 13.2. The van der Waals surface area contributed by atoms with E-state index in [0.717, 1.165) is 39.0 Å². The van der Waals surface area contributed by atoms with Gasteiger partial charge in [-0.2, -0.15) is 0 Å². The van der Waals surface area contributed by atoms with Gasteiger partial charge in [0.2, 0.25) is 0 Å². The van der Waals surface area contributed by atoms with Gasteiger partial charge in [0, 0.05) is 27.9 Å². The van der Waals surface area contributed by atoms with Crippen molar-refractivity contribution < 1.29 is 5.11 Å². The molecule has 6 aromatic rings. The van der Waals surface area contributed by atoms with Crippen LogP contribution in [0, 0.1) is 0 Å². The van der Waals surface area contributed by atoms with E-state index in [-0.39, 0.29) is 11.2 Å². The Morgan fingerprint density at radius 2 is 1.23 bits per heavy atom. The van der Waals surface area contributed by atoms with Crippen LogP contribution in [0.3, 0.4) is 0 Å². The van der Waals surface area contributed by atoms with Crippen molar-refractivity contribution in [3.05, 3.63) is 139 Å². The fourth-order valence-electron chi connectivity index (χ4n) is 6.20. The first kappa shape index (κ1) is 24.1. The van der Waals surface area contributed by atoms with Gasteiger partial charge in [0.05, 0.1) is 5.69 Å². The van der Waals surface area contributed by atoms with Gasteiger partial charge < -0.3 is 15.7 Å². The standard InChI is InChI=1S/C37H30N2O/c1-37(2)33-11-7-6-10-31(33)32-23-29(18-20-34(32)37)39(27-8-4-3-5-9-27)28-16-12-24(13-17-28)25-14-19-30-26(22-25)15-21-35(40)36(30)38/h3-23,40H,38H2,1-2H3. The fourth-order valence-corrected chi connectivity index (χ4v) is 6.20. The van der Waals surface area contributed by atoms with Crippen LogP contribution >= 0.6 is 0 Å². The van der Waals surface area contributed by atoms with Gasteiger partial charge in [-0.1, -0.05) is 92.7 Å². The number of phenols is 1. The van der Waals surface area contributed by atoms with E-state index in [2.05, 4.69) is 128 Å². The van der Waals surface area contributed by atoms with Crippen molar-refractivity contribution in [3.63, 3.8) is 0 Å². The number of anilines is 4. The van der Waals surface area contributed by atoms with Gasteiger partial charge in [0.1, 0.15) is 5.75 Å². The summed E-state index contributed by atoms with van der Waals surface area (Å²) in [5.74, 6) is 0.115. The van der Waals surface area contributed by atoms with E-state index < -0.39 is 0 Å². The van der Waals surface area contributed by atoms with Gasteiger partial charge >= 0.3 is 0 Å². The second-order valence-corrected chi connectivity index (χ2v) is 11.1. The first-order valence-electron chi connectivity index (χ1n) is 13.6. The molecule has 0 spiro atoms. The van der Waals surface area contributed by atoms with Crippen molar-refractivity contribution in [1.29, 1.82) is 0 Å². The van der Waals surface area contributed by atoms with E-state index in [4.69, 9.17) is 5.73 Å². The van der Waals surface area contributed by atoms with Crippen LogP contribution in [-0.2, 0) is 5.41 Å². The topological polar surface area (TPSA) is 49.5 Å². The SMILES string of the molecule is CC1(C)c2ccccc2-c2cc(N(c3ccccc3)c3ccc(-c4ccc5c(N)c(O)ccc5c4)cc3)ccc21. The number of hydrogen-bond acceptors (Lipinski definition) is 3. The fraction of sp³-hybridized carbons (Fsp3) is 0.0811. The molecule has 3 heteroatoms. The number of nitrogens with zero attached hydrogens (tertiary/aromatic N) is 1. The third kappa shape index (κ3) is 3.74. The maximum Gasteiger partial charge on any atom is 0.139 e. The molecule has 0 amide bonds. The lowest BCUT2D eigenvalue weighted by Crippen LogP contribution is -2.15. The lowest BCUT2D eigenvalue weighted by Gasteiger charge is -2.27. The van der Waals surface area contributed by atoms with Crippen molar-refractivity contribution in [3.8, 4) is 28.0 Å². The first-order chi connectivity index (χ1) is 19.4. The molecule has 0 fully saturated rings. The largest absolute Gasteiger partial charge is 0.506 e. The molecule has 3 nitrogen and oxygen atoms in total. The number of phenolic OH excluding ortho intramolecular Hbond substituents is 1. The highest BCUT2D eigenvalue weighted by atomic mass is 16.3. The van der Waals surface area contributed by atoms with Crippen molar-refractivity contribution in [2.45, 2.75) is 19.3 Å². The lowest BCUT2D eigenvalue weighted by atomic mass is 9.82. The molecule has 0 atom stereocenters. The number of rotatable bonds is 4. The highest BCUT2D eigenvalue weighted by molar-refractivity contribution is 5.98. The summed E-state index contributed by atoms with van der Waals surface area (Å²) in [6.07, 6.45) is 0. The number of fused-ring (bicyclic) bond motifs is 4. The summed E-state index contributed by atoms with van der Waals surface area (Å²) >= 11 is 0. The van der Waals surface area contributed by atoms with Crippen molar-refractivity contribution in [2.75, 3.05) is 10.6 Å². The van der Waals surface area contributed by atoms with Gasteiger partial charge in [-0.25, -0.2) is 0 Å². The zero-order valence-electron chi connectivity index (χ0n) is 22.6. The average Bonchev–Trinajstić information content (AvgIpc) is 3.22. The molecular weight excluding hydrogens is 488 g/mol. The van der Waals surface area contributed by atoms with E-state index in [1.165, 1.54) is 22.3 Å². The van der Waals surface area contributed by atoms with Gasteiger partial charge in [0.15, 0.2) is 0 Å². The van der Waals surface area contributed by atoms with Gasteiger partial charge in [0.25, 0.3) is 0 Å². The molecule has 194 valence electrons. The molecule has 0 aliphatic heterocycles. The molecule has 6 aromatic carbocycles. The molecule has 0 saturated heterocycles. The molecule has 0 unspecified atom stereocenters. The maximum atomic E-state index is 9.97. The molecule has 3 N–H and O–H groups in total. The van der Waals surface area contributed by atoms with E-state index in [9.17, 15) is 5.11 Å². The second-order valence-electron chi connectivity index (χ2n) is 11.1. The summed E-state index contributed by atoms with van der Waals surface area (Å²) in [7, 11) is 0. The Kier molecular flexibility index (Phi) is 5.43. The van der Waals surface area contributed by atoms with Crippen LogP contribution in [0.4, 0.5) is 22.7 Å². The summed E-state index contributed by atoms with van der Waals surface area (Å²) in [6.45, 7) is 4.63. The van der Waals surface area contributed by atoms with Crippen LogP contribution < -0.4 is 10.6 Å². The first-order valence-corrected chi connectivity index (χ1v) is 13.6. The smallest absolute Gasteiger partial charge is 0.139 e. The van der Waals surface area contributed by atoms with Crippen LogP contribution in [0.15, 0.2) is 127 Å². The Hall–Kier alpha value is -5.02. The average molecular weight is 519 g/mol. The minimum absolute atomic E-state index is 0.0209. The van der Waals surface area contributed by atoms with Crippen molar-refractivity contribution in [1.82, 2.24) is 0 Å². The minimum atomic E-state index is -0.0209. The zero-order valence-corrected chi connectivity index (χ0v) is 22.6. The second kappa shape index (κ2) is 9.03. The Labute approximate surface area is 234 Å². The number of nitrogens with two attached hydrogens (primary N) is 1. The number of para-hydroxylation sites is 1. The molecule has 0 bridgehead atoms. The Bertz CT molecular complexity index is 1890. The molecule has 0 saturated carbocycles. The van der Waals surface area contributed by atoms with E-state index in [1.807, 2.05) is 12.1 Å².